The summed E-state index contributed by atoms with van der Waals surface area (Å²) >= 11 is 0. The SMILES string of the molecule is CCC[C@H]1CC[C@@]2(C)C(=CC[C@H]3[C@@H]4CC[C@H]([C@H](C)CCCC(C)C)[C@@]4(C)CC[C@@H]32)C1.CC[C@H]1CC[C@@]2(C)C(=CC[C@H]3[C@@H]4CC[C@H]([C@H](C)CCCC(C)C)[C@@]4(C)CC[C@@H]32)C1.C[C@@H]1CC[C@@]2(C)[C@@H](CC[C@@H]3[C@@H]2CC[C@]2(C)C(=O)CC[C@@H]32)C1.C[C@@H]1CC[C@@]2(C)[C@@H](CC[C@H]3[C@@H]4CCC[C@@]4(C)CC[C@@H]32)C1.C[C@H]1CC[C@@]2(C)[C@@H](CC[C@@H]3[C@@H]2CC[C@]2(C)C(=O)CC[C@@H]32)C1. The van der Waals surface area contributed by atoms with Crippen molar-refractivity contribution < 1.29 is 9.59 Å². The van der Waals surface area contributed by atoms with Crippen LogP contribution in [-0.4, -0.2) is 11.6 Å². The summed E-state index contributed by atoms with van der Waals surface area (Å²) in [5.74, 6) is 29.0. The van der Waals surface area contributed by atoms with Gasteiger partial charge in [0.2, 0.25) is 0 Å². The lowest BCUT2D eigenvalue weighted by Crippen LogP contribution is -2.53. The second kappa shape index (κ2) is 36.4. The Morgan fingerprint density at radius 3 is 1.11 bits per heavy atom. The largest absolute Gasteiger partial charge is 0.299 e. The first-order chi connectivity index (χ1) is 57.5. The first-order valence-corrected chi connectivity index (χ1v) is 56.0. The van der Waals surface area contributed by atoms with Crippen LogP contribution in [0.5, 0.6) is 0 Å². The minimum Gasteiger partial charge on any atom is -0.299 e. The van der Waals surface area contributed by atoms with Crippen LogP contribution in [0.4, 0.5) is 0 Å². The second-order valence-corrected chi connectivity index (χ2v) is 54.5. The molecular weight excluding hydrogens is 1460 g/mol. The standard InChI is InChI=1S/C30H52.C29H50.2C20H32O.C20H34/c1-7-9-23-16-18-29(5)24(20-23)12-13-25-27-15-14-26(22(4)11-8-10-21(2)3)30(27,6)19-17-28(25)29;1-7-22-15-17-28(5)23(19-22)11-12-24-26-14-13-25(21(4)10-8-9-20(2)3)29(26,6)18-16-27(24)28;2*1-13-8-10-19(2)14(12-13)4-5-15-16-6-7-18(21)20(16,3)11-9-17(15)19;1-14-8-12-20(3)15(13-14)6-7-16-17-5-4-10-19(17,2)11-9-18(16)20/h12,21-23,25-28H,7-11,13-20H2,1-6H3;11,20-22,24-27H,7-10,12-19H2,1-6H3;2*13-17H,4-12H2,1-3H3;14-18H,4-13H2,1-3H3/t22-,23+,25+,26-,27+,28+,29+,30-;21-,22+,24+,25-,26+,27+,28+,29-;13-,14+,15+,16+,17+,19+,20+;13-,14-,15-,16-,17-,19-,20-;14-,15+,16+,17+,18+,19+,20+/m11101/s1. The van der Waals surface area contributed by atoms with E-state index in [1.54, 1.807) is 44.9 Å². The number of fused-ring (bicyclic) bond motifs is 25. The Morgan fingerprint density at radius 2 is 0.694 bits per heavy atom. The summed E-state index contributed by atoms with van der Waals surface area (Å²) in [6.45, 7) is 53.0. The van der Waals surface area contributed by atoms with Crippen LogP contribution < -0.4 is 0 Å². The van der Waals surface area contributed by atoms with Crippen LogP contribution in [0.1, 0.15) is 486 Å². The van der Waals surface area contributed by atoms with Gasteiger partial charge in [-0.05, 0) is 459 Å². The summed E-state index contributed by atoms with van der Waals surface area (Å²) < 4.78 is 0. The average molecular weight is 1660 g/mol. The van der Waals surface area contributed by atoms with Crippen molar-refractivity contribution in [3.63, 3.8) is 0 Å². The molecule has 37 atom stereocenters. The highest BCUT2D eigenvalue weighted by Gasteiger charge is 2.66. The molecule has 121 heavy (non-hydrogen) atoms. The van der Waals surface area contributed by atoms with Crippen molar-refractivity contribution in [3.8, 4) is 0 Å². The number of carbonyl (C=O) groups is 2. The average Bonchev–Trinajstić information content (AvgIpc) is 1.64. The molecule has 20 aliphatic rings. The maximum atomic E-state index is 12.4. The van der Waals surface area contributed by atoms with Gasteiger partial charge < -0.3 is 0 Å². The number of carbonyl (C=O) groups excluding carboxylic acids is 2. The van der Waals surface area contributed by atoms with Crippen molar-refractivity contribution >= 4 is 11.6 Å². The van der Waals surface area contributed by atoms with E-state index in [-0.39, 0.29) is 10.8 Å². The molecule has 18 saturated carbocycles. The minimum atomic E-state index is 0.0618. The lowest BCUT2D eigenvalue weighted by molar-refractivity contribution is -0.140. The van der Waals surface area contributed by atoms with E-state index in [2.05, 4.69) is 158 Å². The molecule has 688 valence electrons. The van der Waals surface area contributed by atoms with Gasteiger partial charge >= 0.3 is 0 Å². The van der Waals surface area contributed by atoms with Crippen molar-refractivity contribution in [2.75, 3.05) is 0 Å². The topological polar surface area (TPSA) is 34.1 Å². The Hall–Kier alpha value is -1.18. The lowest BCUT2D eigenvalue weighted by Gasteiger charge is -2.60. The smallest absolute Gasteiger partial charge is 0.139 e. The summed E-state index contributed by atoms with van der Waals surface area (Å²) in [6, 6.07) is 0. The Kier molecular flexibility index (Phi) is 28.0. The third-order valence-electron chi connectivity index (χ3n) is 48.1. The number of ketones is 2. The third kappa shape index (κ3) is 16.9. The van der Waals surface area contributed by atoms with E-state index < -0.39 is 0 Å². The molecular formula is C119H200O2. The Morgan fingerprint density at radius 1 is 0.331 bits per heavy atom. The predicted molar refractivity (Wildman–Crippen MR) is 516 cm³/mol. The highest BCUT2D eigenvalue weighted by atomic mass is 16.1. The molecule has 0 unspecified atom stereocenters. The highest BCUT2D eigenvalue weighted by Crippen LogP contribution is 2.74. The first kappa shape index (κ1) is 93.1. The summed E-state index contributed by atoms with van der Waals surface area (Å²) in [4.78, 5) is 24.8. The van der Waals surface area contributed by atoms with Crippen LogP contribution in [0.15, 0.2) is 23.3 Å². The molecule has 2 nitrogen and oxygen atoms in total. The zero-order valence-electron chi connectivity index (χ0n) is 84.2. The van der Waals surface area contributed by atoms with Gasteiger partial charge in [0.1, 0.15) is 11.6 Å². The van der Waals surface area contributed by atoms with Crippen LogP contribution in [-0.2, 0) is 9.59 Å². The fourth-order valence-corrected chi connectivity index (χ4v) is 40.5. The van der Waals surface area contributed by atoms with Gasteiger partial charge in [0.15, 0.2) is 0 Å². The normalized spacial score (nSPS) is 51.1. The molecule has 0 amide bonds. The Bertz CT molecular complexity index is 3480. The van der Waals surface area contributed by atoms with Gasteiger partial charge in [0.25, 0.3) is 0 Å². The molecule has 0 saturated heterocycles. The fourth-order valence-electron chi connectivity index (χ4n) is 40.5. The van der Waals surface area contributed by atoms with Crippen LogP contribution in [0.3, 0.4) is 0 Å². The maximum Gasteiger partial charge on any atom is 0.139 e. The highest BCUT2D eigenvalue weighted by molar-refractivity contribution is 5.87. The number of allylic oxidation sites excluding steroid dienone is 4. The third-order valence-corrected chi connectivity index (χ3v) is 48.1. The van der Waals surface area contributed by atoms with Gasteiger partial charge in [-0.2, -0.15) is 0 Å². The van der Waals surface area contributed by atoms with Gasteiger partial charge in [-0.25, -0.2) is 0 Å². The summed E-state index contributed by atoms with van der Waals surface area (Å²) in [5.41, 5.74) is 8.95. The van der Waals surface area contributed by atoms with E-state index in [9.17, 15) is 9.59 Å². The number of hydrogen-bond acceptors (Lipinski definition) is 2. The first-order valence-electron chi connectivity index (χ1n) is 56.0. The van der Waals surface area contributed by atoms with E-state index in [1.165, 1.54) is 283 Å². The van der Waals surface area contributed by atoms with E-state index in [0.29, 0.717) is 44.1 Å². The van der Waals surface area contributed by atoms with Crippen LogP contribution in [0, 0.1) is 226 Å². The minimum absolute atomic E-state index is 0.0618. The molecule has 0 N–H and O–H groups in total. The summed E-state index contributed by atoms with van der Waals surface area (Å²) in [6.07, 6.45) is 81.5. The zero-order valence-corrected chi connectivity index (χ0v) is 84.2. The Balaban J connectivity index is 0.000000113. The van der Waals surface area contributed by atoms with Crippen molar-refractivity contribution in [1.82, 2.24) is 0 Å². The molecule has 0 radical (unpaired) electrons. The van der Waals surface area contributed by atoms with E-state index in [0.717, 1.165) is 195 Å². The monoisotopic (exact) mass is 1660 g/mol. The predicted octanol–water partition coefficient (Wildman–Crippen LogP) is 35.0. The fraction of sp³-hybridized carbons (Fsp3) is 0.950. The summed E-state index contributed by atoms with van der Waals surface area (Å²) in [7, 11) is 0. The summed E-state index contributed by atoms with van der Waals surface area (Å²) in [5, 5.41) is 0. The van der Waals surface area contributed by atoms with Gasteiger partial charge in [0, 0.05) is 23.7 Å². The van der Waals surface area contributed by atoms with Gasteiger partial charge in [-0.1, -0.05) is 252 Å². The van der Waals surface area contributed by atoms with Crippen molar-refractivity contribution in [2.24, 2.45) is 226 Å². The van der Waals surface area contributed by atoms with E-state index in [4.69, 9.17) is 0 Å². The second-order valence-electron chi connectivity index (χ2n) is 54.5. The molecule has 0 heterocycles. The molecule has 0 spiro atoms. The van der Waals surface area contributed by atoms with Gasteiger partial charge in [-0.3, -0.25) is 9.59 Å². The zero-order chi connectivity index (χ0) is 85.9. The maximum absolute atomic E-state index is 12.4. The molecule has 0 aliphatic heterocycles. The van der Waals surface area contributed by atoms with Crippen molar-refractivity contribution in [2.45, 2.75) is 486 Å². The quantitative estimate of drug-likeness (QED) is 0.172. The molecule has 0 aromatic rings. The molecule has 20 rings (SSSR count). The molecule has 0 bridgehead atoms. The number of rotatable bonds is 13. The van der Waals surface area contributed by atoms with Crippen LogP contribution >= 0.6 is 0 Å². The van der Waals surface area contributed by atoms with Crippen molar-refractivity contribution in [1.29, 1.82) is 0 Å². The molecule has 0 aromatic heterocycles. The van der Waals surface area contributed by atoms with Crippen LogP contribution in [0.2, 0.25) is 0 Å². The van der Waals surface area contributed by atoms with Gasteiger partial charge in [0.05, 0.1) is 0 Å². The number of hydrogen-bond donors (Lipinski definition) is 0. The van der Waals surface area contributed by atoms with Crippen molar-refractivity contribution in [3.05, 3.63) is 23.3 Å². The molecule has 20 aliphatic carbocycles. The van der Waals surface area contributed by atoms with E-state index >= 15 is 0 Å². The lowest BCUT2D eigenvalue weighted by atomic mass is 9.45. The van der Waals surface area contributed by atoms with E-state index in [1.807, 2.05) is 11.1 Å². The molecule has 18 fully saturated rings. The van der Waals surface area contributed by atoms with Crippen LogP contribution in [0.25, 0.3) is 0 Å². The molecule has 0 aromatic carbocycles. The van der Waals surface area contributed by atoms with Gasteiger partial charge in [-0.15, -0.1) is 0 Å². The molecule has 2 heteroatoms. The Labute approximate surface area is 751 Å². The number of Topliss-reactive ketones (excluding diaryl/α,β-unsaturated/α-hetero) is 2.